The summed E-state index contributed by atoms with van der Waals surface area (Å²) in [6.45, 7) is 9.50. The molecule has 1 atom stereocenters. The molecule has 0 bridgehead atoms. The number of hydrogen-bond acceptors (Lipinski definition) is 2. The quantitative estimate of drug-likeness (QED) is 0.887. The number of rotatable bonds is 2. The first-order valence-electron chi connectivity index (χ1n) is 6.41. The molecule has 19 heavy (non-hydrogen) atoms. The summed E-state index contributed by atoms with van der Waals surface area (Å²) < 4.78 is 19.8. The summed E-state index contributed by atoms with van der Waals surface area (Å²) in [5.74, 6) is 1.36. The molecule has 0 amide bonds. The largest absolute Gasteiger partial charge is 0.466 e. The van der Waals surface area contributed by atoms with E-state index in [-0.39, 0.29) is 5.82 Å². The number of hydrogen-bond donors (Lipinski definition) is 1. The van der Waals surface area contributed by atoms with E-state index in [0.717, 1.165) is 33.8 Å². The van der Waals surface area contributed by atoms with Crippen molar-refractivity contribution in [3.63, 3.8) is 0 Å². The van der Waals surface area contributed by atoms with Crippen LogP contribution in [0.3, 0.4) is 0 Å². The van der Waals surface area contributed by atoms with Gasteiger partial charge < -0.3 is 10.2 Å². The molecule has 2 nitrogen and oxygen atoms in total. The molecular formula is C16H20FNO. The summed E-state index contributed by atoms with van der Waals surface area (Å²) in [6, 6.07) is 2.99. The van der Waals surface area contributed by atoms with Crippen LogP contribution in [-0.2, 0) is 0 Å². The Bertz CT molecular complexity index is 605. The first-order chi connectivity index (χ1) is 8.82. The predicted molar refractivity (Wildman–Crippen MR) is 74.8 cm³/mol. The summed E-state index contributed by atoms with van der Waals surface area (Å²) in [4.78, 5) is 0. The standard InChI is InChI=1S/C16H20FNO/c1-8-6-9(2)14(13(17)7-8)16(18)15-10(3)11(4)19-12(15)5/h6-7,16H,18H2,1-5H3. The molecule has 2 N–H and O–H groups in total. The Labute approximate surface area is 113 Å². The Balaban J connectivity index is 2.59. The van der Waals surface area contributed by atoms with Gasteiger partial charge in [0.1, 0.15) is 17.3 Å². The zero-order chi connectivity index (χ0) is 14.3. The second-order valence-corrected chi connectivity index (χ2v) is 5.21. The van der Waals surface area contributed by atoms with Gasteiger partial charge in [0.05, 0.1) is 6.04 Å². The zero-order valence-corrected chi connectivity index (χ0v) is 12.1. The highest BCUT2D eigenvalue weighted by molar-refractivity contribution is 5.44. The van der Waals surface area contributed by atoms with Crippen LogP contribution in [0.1, 0.15) is 45.4 Å². The fourth-order valence-electron chi connectivity index (χ4n) is 2.73. The number of halogens is 1. The smallest absolute Gasteiger partial charge is 0.128 e. The van der Waals surface area contributed by atoms with Gasteiger partial charge in [-0.25, -0.2) is 4.39 Å². The van der Waals surface area contributed by atoms with Gasteiger partial charge in [0.15, 0.2) is 0 Å². The van der Waals surface area contributed by atoms with Gasteiger partial charge in [-0.15, -0.1) is 0 Å². The maximum Gasteiger partial charge on any atom is 0.128 e. The van der Waals surface area contributed by atoms with E-state index >= 15 is 0 Å². The lowest BCUT2D eigenvalue weighted by Gasteiger charge is -2.17. The lowest BCUT2D eigenvalue weighted by atomic mass is 9.92. The Hall–Kier alpha value is -1.61. The number of aryl methyl sites for hydroxylation is 4. The van der Waals surface area contributed by atoms with Crippen LogP contribution in [0.25, 0.3) is 0 Å². The molecule has 3 heteroatoms. The summed E-state index contributed by atoms with van der Waals surface area (Å²) in [5, 5.41) is 0. The van der Waals surface area contributed by atoms with E-state index in [1.807, 2.05) is 40.7 Å². The molecule has 0 radical (unpaired) electrons. The third-order valence-corrected chi connectivity index (χ3v) is 3.72. The molecular weight excluding hydrogens is 241 g/mol. The molecule has 0 saturated carbocycles. The van der Waals surface area contributed by atoms with Gasteiger partial charge >= 0.3 is 0 Å². The highest BCUT2D eigenvalue weighted by atomic mass is 19.1. The van der Waals surface area contributed by atoms with Crippen molar-refractivity contribution in [1.29, 1.82) is 0 Å². The van der Waals surface area contributed by atoms with Crippen molar-refractivity contribution < 1.29 is 8.81 Å². The highest BCUT2D eigenvalue weighted by Gasteiger charge is 2.23. The van der Waals surface area contributed by atoms with Crippen LogP contribution in [0.4, 0.5) is 4.39 Å². The average Bonchev–Trinajstić information content (AvgIpc) is 2.51. The van der Waals surface area contributed by atoms with E-state index in [2.05, 4.69) is 0 Å². The minimum atomic E-state index is -0.488. The van der Waals surface area contributed by atoms with Gasteiger partial charge in [-0.1, -0.05) is 6.07 Å². The number of furan rings is 1. The van der Waals surface area contributed by atoms with Crippen molar-refractivity contribution in [3.8, 4) is 0 Å². The average molecular weight is 261 g/mol. The van der Waals surface area contributed by atoms with Gasteiger partial charge in [0.2, 0.25) is 0 Å². The monoisotopic (exact) mass is 261 g/mol. The Kier molecular flexibility index (Phi) is 3.50. The molecule has 1 aromatic carbocycles. The van der Waals surface area contributed by atoms with Crippen molar-refractivity contribution in [3.05, 3.63) is 57.3 Å². The Morgan fingerprint density at radius 2 is 1.63 bits per heavy atom. The Morgan fingerprint density at radius 1 is 1.00 bits per heavy atom. The SMILES string of the molecule is Cc1cc(C)c(C(N)c2c(C)oc(C)c2C)c(F)c1. The van der Waals surface area contributed by atoms with Crippen LogP contribution in [0.2, 0.25) is 0 Å². The molecule has 1 heterocycles. The van der Waals surface area contributed by atoms with Crippen LogP contribution in [0.15, 0.2) is 16.5 Å². The minimum Gasteiger partial charge on any atom is -0.466 e. The normalized spacial score (nSPS) is 12.8. The molecule has 2 aromatic rings. The van der Waals surface area contributed by atoms with E-state index in [1.165, 1.54) is 6.07 Å². The van der Waals surface area contributed by atoms with Gasteiger partial charge in [0.25, 0.3) is 0 Å². The van der Waals surface area contributed by atoms with Crippen molar-refractivity contribution in [2.45, 2.75) is 40.7 Å². The molecule has 102 valence electrons. The summed E-state index contributed by atoms with van der Waals surface area (Å²) >= 11 is 0. The summed E-state index contributed by atoms with van der Waals surface area (Å²) in [5.41, 5.74) is 10.5. The van der Waals surface area contributed by atoms with Gasteiger partial charge in [-0.05, 0) is 57.4 Å². The maximum atomic E-state index is 14.2. The maximum absolute atomic E-state index is 14.2. The van der Waals surface area contributed by atoms with Gasteiger partial charge in [0, 0.05) is 11.1 Å². The van der Waals surface area contributed by atoms with E-state index in [9.17, 15) is 4.39 Å². The Morgan fingerprint density at radius 3 is 2.11 bits per heavy atom. The molecule has 0 spiro atoms. The van der Waals surface area contributed by atoms with E-state index in [4.69, 9.17) is 10.2 Å². The lowest BCUT2D eigenvalue weighted by molar-refractivity contribution is 0.497. The second kappa shape index (κ2) is 4.82. The zero-order valence-electron chi connectivity index (χ0n) is 12.1. The highest BCUT2D eigenvalue weighted by Crippen LogP contribution is 2.32. The first-order valence-corrected chi connectivity index (χ1v) is 6.41. The van der Waals surface area contributed by atoms with Gasteiger partial charge in [-0.3, -0.25) is 0 Å². The topological polar surface area (TPSA) is 39.2 Å². The van der Waals surface area contributed by atoms with Crippen LogP contribution in [0.5, 0.6) is 0 Å². The first kappa shape index (κ1) is 13.8. The molecule has 0 aliphatic heterocycles. The van der Waals surface area contributed by atoms with Gasteiger partial charge in [-0.2, -0.15) is 0 Å². The van der Waals surface area contributed by atoms with Crippen LogP contribution in [-0.4, -0.2) is 0 Å². The van der Waals surface area contributed by atoms with E-state index in [1.54, 1.807) is 0 Å². The van der Waals surface area contributed by atoms with Crippen LogP contribution < -0.4 is 5.73 Å². The third-order valence-electron chi connectivity index (χ3n) is 3.72. The fraction of sp³-hybridized carbons (Fsp3) is 0.375. The third kappa shape index (κ3) is 2.30. The summed E-state index contributed by atoms with van der Waals surface area (Å²) in [6.07, 6.45) is 0. The van der Waals surface area contributed by atoms with Crippen LogP contribution >= 0.6 is 0 Å². The number of benzene rings is 1. The molecule has 2 rings (SSSR count). The minimum absolute atomic E-state index is 0.248. The lowest BCUT2D eigenvalue weighted by Crippen LogP contribution is -2.17. The molecule has 0 aliphatic rings. The fourth-order valence-corrected chi connectivity index (χ4v) is 2.73. The molecule has 1 unspecified atom stereocenters. The van der Waals surface area contributed by atoms with Crippen molar-refractivity contribution in [1.82, 2.24) is 0 Å². The van der Waals surface area contributed by atoms with Crippen molar-refractivity contribution in [2.24, 2.45) is 5.73 Å². The van der Waals surface area contributed by atoms with Crippen molar-refractivity contribution in [2.75, 3.05) is 0 Å². The second-order valence-electron chi connectivity index (χ2n) is 5.21. The molecule has 0 saturated heterocycles. The van der Waals surface area contributed by atoms with E-state index in [0.29, 0.717) is 5.56 Å². The molecule has 1 aromatic heterocycles. The van der Waals surface area contributed by atoms with Crippen molar-refractivity contribution >= 4 is 0 Å². The van der Waals surface area contributed by atoms with Crippen LogP contribution in [0, 0.1) is 40.4 Å². The predicted octanol–water partition coefficient (Wildman–Crippen LogP) is 4.01. The summed E-state index contributed by atoms with van der Waals surface area (Å²) in [7, 11) is 0. The molecule has 0 fully saturated rings. The van der Waals surface area contributed by atoms with E-state index < -0.39 is 6.04 Å². The number of nitrogens with two attached hydrogens (primary N) is 1. The molecule has 0 aliphatic carbocycles.